The van der Waals surface area contributed by atoms with Gasteiger partial charge in [0.25, 0.3) is 6.71 Å². The lowest BCUT2D eigenvalue weighted by Crippen LogP contribution is -2.60. The fourth-order valence-electron chi connectivity index (χ4n) is 12.0. The van der Waals surface area contributed by atoms with Gasteiger partial charge in [-0.05, 0) is 168 Å². The number of hydrogen-bond donors (Lipinski definition) is 0. The number of aryl methyl sites for hydroxylation is 1. The van der Waals surface area contributed by atoms with Crippen LogP contribution in [0.1, 0.15) is 191 Å². The fourth-order valence-corrected chi connectivity index (χ4v) is 12.0. The third kappa shape index (κ3) is 6.74. The van der Waals surface area contributed by atoms with Gasteiger partial charge >= 0.3 is 0 Å². The molecule has 2 nitrogen and oxygen atoms in total. The van der Waals surface area contributed by atoms with Crippen LogP contribution in [0.3, 0.4) is 0 Å². The van der Waals surface area contributed by atoms with E-state index in [1.165, 1.54) is 102 Å². The van der Waals surface area contributed by atoms with Crippen molar-refractivity contribution in [1.82, 2.24) is 0 Å². The minimum Gasteiger partial charge on any atom is -0.461 e. The summed E-state index contributed by atoms with van der Waals surface area (Å²) in [7, 11) is 0. The number of hydrogen-bond acceptors (Lipinski definition) is 2. The second-order valence-electron chi connectivity index (χ2n) is 26.0. The fraction of sp³-hybridized carbons (Fsp3) is 0.475. The molecule has 0 bridgehead atoms. The van der Waals surface area contributed by atoms with Gasteiger partial charge in [0.2, 0.25) is 0 Å². The minimum atomic E-state index is -0.0788. The van der Waals surface area contributed by atoms with Crippen molar-refractivity contribution in [2.24, 2.45) is 5.92 Å². The normalized spacial score (nSPS) is 20.9. The van der Waals surface area contributed by atoms with Crippen LogP contribution in [0.2, 0.25) is 0 Å². The van der Waals surface area contributed by atoms with Crippen LogP contribution >= 0.6 is 0 Å². The molecule has 10 rings (SSSR count). The molecule has 2 unspecified atom stereocenters. The molecule has 0 amide bonds. The van der Waals surface area contributed by atoms with E-state index in [2.05, 4.69) is 208 Å². The predicted molar refractivity (Wildman–Crippen MR) is 274 cm³/mol. The lowest BCUT2D eigenvalue weighted by molar-refractivity contribution is 0.332. The molecule has 2 aliphatic carbocycles. The van der Waals surface area contributed by atoms with Crippen molar-refractivity contribution in [2.45, 2.75) is 181 Å². The van der Waals surface area contributed by atoms with Crippen LogP contribution in [0.5, 0.6) is 0 Å². The van der Waals surface area contributed by atoms with E-state index in [4.69, 9.17) is 4.42 Å². The molecule has 0 saturated heterocycles. The smallest absolute Gasteiger partial charge is 0.292 e. The quantitative estimate of drug-likeness (QED) is 0.161. The second-order valence-corrected chi connectivity index (χ2v) is 26.0. The maximum Gasteiger partial charge on any atom is 0.292 e. The standard InChI is InChI=1S/C61H72BNO/c1-35-28-39(57(5,6)7)22-24-47(35)63-48-34-45-44(60(14,15)26-27-61(45,16)17)33-46(48)62-54-37(29-41(32-49(54)63)59(11,12)13)30-43-51(36-18-20-38(21-19-36)56(2,3)4)52(43)53-42-31-40(58(8,9)10)23-25-50(42)64-55(53)62/h18-22,24,28-29,31-34,43,51-52H,26-27,30H2,1-17H3/t43-,51?,52?/m0/s1. The summed E-state index contributed by atoms with van der Waals surface area (Å²) in [5.41, 5.74) is 22.7. The van der Waals surface area contributed by atoms with Crippen LogP contribution in [0.4, 0.5) is 17.1 Å². The molecule has 5 aromatic carbocycles. The first-order valence-electron chi connectivity index (χ1n) is 24.4. The van der Waals surface area contributed by atoms with Crippen LogP contribution in [0, 0.1) is 25.0 Å². The Hall–Kier alpha value is -4.68. The van der Waals surface area contributed by atoms with Crippen molar-refractivity contribution < 1.29 is 4.42 Å². The van der Waals surface area contributed by atoms with Gasteiger partial charge in [0.05, 0.1) is 5.66 Å². The Labute approximate surface area is 386 Å². The minimum absolute atomic E-state index is 0.0444. The third-order valence-electron chi connectivity index (χ3n) is 16.3. The summed E-state index contributed by atoms with van der Waals surface area (Å²) in [5.74, 6) is 1.15. The van der Waals surface area contributed by atoms with Gasteiger partial charge < -0.3 is 9.32 Å². The van der Waals surface area contributed by atoms with Crippen LogP contribution in [0.15, 0.2) is 77.2 Å². The first-order valence-corrected chi connectivity index (χ1v) is 24.4. The molecule has 4 aliphatic rings. The van der Waals surface area contributed by atoms with Crippen LogP contribution in [-0.2, 0) is 38.9 Å². The van der Waals surface area contributed by atoms with Gasteiger partial charge in [0.1, 0.15) is 0 Å². The first-order chi connectivity index (χ1) is 29.6. The van der Waals surface area contributed by atoms with Gasteiger partial charge in [-0.15, -0.1) is 0 Å². The van der Waals surface area contributed by atoms with E-state index >= 15 is 0 Å². The molecule has 2 aliphatic heterocycles. The Morgan fingerprint density at radius 1 is 0.609 bits per heavy atom. The van der Waals surface area contributed by atoms with Crippen molar-refractivity contribution in [3.63, 3.8) is 0 Å². The summed E-state index contributed by atoms with van der Waals surface area (Å²) in [4.78, 5) is 2.69. The Balaban J connectivity index is 1.33. The highest BCUT2D eigenvalue weighted by atomic mass is 16.3. The average molecular weight is 846 g/mol. The van der Waals surface area contributed by atoms with Gasteiger partial charge in [-0.3, -0.25) is 0 Å². The van der Waals surface area contributed by atoms with E-state index in [1.54, 1.807) is 0 Å². The molecule has 3 heteroatoms. The zero-order chi connectivity index (χ0) is 46.0. The zero-order valence-electron chi connectivity index (χ0n) is 42.2. The van der Waals surface area contributed by atoms with E-state index in [-0.39, 0.29) is 39.2 Å². The van der Waals surface area contributed by atoms with Crippen molar-refractivity contribution in [2.75, 3.05) is 4.90 Å². The Kier molecular flexibility index (Phi) is 9.25. The molecular formula is C61H72BNO. The summed E-state index contributed by atoms with van der Waals surface area (Å²) in [6.45, 7) is 40.2. The number of fused-ring (bicyclic) bond motifs is 9. The number of anilines is 3. The maximum absolute atomic E-state index is 7.49. The molecule has 6 aromatic rings. The van der Waals surface area contributed by atoms with Crippen molar-refractivity contribution in [3.05, 3.63) is 141 Å². The van der Waals surface area contributed by atoms with Gasteiger partial charge in [0, 0.05) is 28.0 Å². The summed E-state index contributed by atoms with van der Waals surface area (Å²) in [5, 5.41) is 1.23. The highest BCUT2D eigenvalue weighted by molar-refractivity contribution is 6.98. The first kappa shape index (κ1) is 43.2. The molecule has 1 saturated carbocycles. The van der Waals surface area contributed by atoms with E-state index in [1.807, 2.05) is 0 Å². The van der Waals surface area contributed by atoms with Crippen LogP contribution in [0.25, 0.3) is 11.0 Å². The molecule has 0 radical (unpaired) electrons. The Bertz CT molecular complexity index is 2870. The molecule has 3 heterocycles. The highest BCUT2D eigenvalue weighted by Gasteiger charge is 2.57. The van der Waals surface area contributed by atoms with Gasteiger partial charge in [-0.25, -0.2) is 0 Å². The maximum atomic E-state index is 7.49. The topological polar surface area (TPSA) is 16.4 Å². The molecule has 3 atom stereocenters. The lowest BCUT2D eigenvalue weighted by Gasteiger charge is -2.46. The van der Waals surface area contributed by atoms with Crippen molar-refractivity contribution >= 4 is 51.3 Å². The van der Waals surface area contributed by atoms with E-state index in [9.17, 15) is 0 Å². The van der Waals surface area contributed by atoms with E-state index < -0.39 is 0 Å². The van der Waals surface area contributed by atoms with Crippen molar-refractivity contribution in [1.29, 1.82) is 0 Å². The van der Waals surface area contributed by atoms with Gasteiger partial charge in [-0.2, -0.15) is 0 Å². The Morgan fingerprint density at radius 2 is 1.22 bits per heavy atom. The molecule has 0 spiro atoms. The largest absolute Gasteiger partial charge is 0.461 e. The Morgan fingerprint density at radius 3 is 1.81 bits per heavy atom. The zero-order valence-corrected chi connectivity index (χ0v) is 42.2. The molecular weight excluding hydrogens is 773 g/mol. The number of benzene rings is 4. The molecule has 1 aromatic heterocycles. The van der Waals surface area contributed by atoms with E-state index in [0.29, 0.717) is 17.8 Å². The second kappa shape index (κ2) is 13.7. The summed E-state index contributed by atoms with van der Waals surface area (Å²) in [6, 6.07) is 37.0. The summed E-state index contributed by atoms with van der Waals surface area (Å²) >= 11 is 0. The van der Waals surface area contributed by atoms with Gasteiger partial charge in [0.15, 0.2) is 5.58 Å². The summed E-state index contributed by atoms with van der Waals surface area (Å²) < 4.78 is 7.49. The number of rotatable bonds is 2. The monoisotopic (exact) mass is 846 g/mol. The molecule has 1 fully saturated rings. The van der Waals surface area contributed by atoms with E-state index in [0.717, 1.165) is 17.7 Å². The van der Waals surface area contributed by atoms with Crippen LogP contribution < -0.4 is 21.5 Å². The van der Waals surface area contributed by atoms with Crippen LogP contribution in [-0.4, -0.2) is 6.71 Å². The molecule has 0 N–H and O–H groups in total. The van der Waals surface area contributed by atoms with Crippen molar-refractivity contribution in [3.8, 4) is 0 Å². The lowest BCUT2D eigenvalue weighted by atomic mass is 9.34. The summed E-state index contributed by atoms with van der Waals surface area (Å²) in [6.07, 6.45) is 3.36. The SMILES string of the molecule is Cc1cc(C(C)(C)C)ccc1N1c2cc3c(cc2B2c4oc5c#cc(C(C)(C)C)cc5c4C4C(c5ccc(C(C)(C)C)cc5)[C@@H]4Cc4cc(C(C)(C)C)cc1c42)C(C)(C)CCC3(C)C. The van der Waals surface area contributed by atoms with Gasteiger partial charge in [-0.1, -0.05) is 165 Å². The highest BCUT2D eigenvalue weighted by Crippen LogP contribution is 2.64. The molecule has 64 heavy (non-hydrogen) atoms. The molecule has 330 valence electrons. The predicted octanol–water partition coefficient (Wildman–Crippen LogP) is 14.2. The number of nitrogens with zero attached hydrogens (tertiary/aromatic N) is 1. The number of furan rings is 1. The average Bonchev–Trinajstić information content (AvgIpc) is 3.75. The third-order valence-corrected chi connectivity index (χ3v) is 16.3.